The van der Waals surface area contributed by atoms with Gasteiger partial charge in [0.1, 0.15) is 0 Å². The fourth-order valence-corrected chi connectivity index (χ4v) is 9.35. The third-order valence-electron chi connectivity index (χ3n) is 10.7. The smallest absolute Gasteiger partial charge is 0.165 e. The minimum atomic E-state index is 0.659. The predicted molar refractivity (Wildman–Crippen MR) is 234 cm³/mol. The van der Waals surface area contributed by atoms with Gasteiger partial charge in [-0.3, -0.25) is 0 Å². The Bertz CT molecular complexity index is 3170. The van der Waals surface area contributed by atoms with E-state index in [1.165, 1.54) is 59.5 Å². The molecular weight excluding hydrogens is 701 g/mol. The number of thiophene rings is 1. The third kappa shape index (κ3) is 5.40. The van der Waals surface area contributed by atoms with Crippen molar-refractivity contribution in [3.05, 3.63) is 194 Å². The number of nitrogens with zero attached hydrogens (tertiary/aromatic N) is 4. The molecular formula is C51H32N4S. The maximum atomic E-state index is 5.10. The molecule has 0 radical (unpaired) electrons. The number of aromatic nitrogens is 4. The van der Waals surface area contributed by atoms with Crippen LogP contribution in [0.15, 0.2) is 194 Å². The number of fused-ring (bicyclic) bond motifs is 6. The van der Waals surface area contributed by atoms with E-state index in [1.54, 1.807) is 0 Å². The topological polar surface area (TPSA) is 43.6 Å². The molecule has 0 atom stereocenters. The number of hydrogen-bond acceptors (Lipinski definition) is 4. The number of hydrogen-bond donors (Lipinski definition) is 0. The van der Waals surface area contributed by atoms with Crippen molar-refractivity contribution in [3.63, 3.8) is 0 Å². The Balaban J connectivity index is 1.11. The molecule has 0 spiro atoms. The van der Waals surface area contributed by atoms with E-state index < -0.39 is 0 Å². The summed E-state index contributed by atoms with van der Waals surface area (Å²) in [5.74, 6) is 1.99. The second-order valence-electron chi connectivity index (χ2n) is 14.0. The zero-order valence-electron chi connectivity index (χ0n) is 30.2. The van der Waals surface area contributed by atoms with Crippen LogP contribution in [0.3, 0.4) is 0 Å². The van der Waals surface area contributed by atoms with Gasteiger partial charge in [0, 0.05) is 53.3 Å². The first-order chi connectivity index (χ1) is 27.8. The molecule has 0 unspecified atom stereocenters. The Morgan fingerprint density at radius 2 is 0.786 bits per heavy atom. The number of rotatable bonds is 6. The minimum absolute atomic E-state index is 0.659. The van der Waals surface area contributed by atoms with Crippen LogP contribution in [0.4, 0.5) is 0 Å². The zero-order valence-corrected chi connectivity index (χ0v) is 31.0. The van der Waals surface area contributed by atoms with Crippen molar-refractivity contribution in [2.45, 2.75) is 0 Å². The number of para-hydroxylation sites is 1. The molecule has 3 heterocycles. The van der Waals surface area contributed by atoms with Gasteiger partial charge in [0.25, 0.3) is 0 Å². The van der Waals surface area contributed by atoms with Crippen molar-refractivity contribution in [2.24, 2.45) is 0 Å². The molecule has 0 fully saturated rings. The van der Waals surface area contributed by atoms with Crippen LogP contribution in [0, 0.1) is 0 Å². The summed E-state index contributed by atoms with van der Waals surface area (Å²) in [5.41, 5.74) is 11.3. The summed E-state index contributed by atoms with van der Waals surface area (Å²) in [5, 5.41) is 4.88. The summed E-state index contributed by atoms with van der Waals surface area (Å²) >= 11 is 1.81. The van der Waals surface area contributed by atoms with Gasteiger partial charge >= 0.3 is 0 Å². The highest BCUT2D eigenvalue weighted by atomic mass is 32.1. The molecule has 262 valence electrons. The maximum Gasteiger partial charge on any atom is 0.165 e. The van der Waals surface area contributed by atoms with Crippen LogP contribution in [0.5, 0.6) is 0 Å². The van der Waals surface area contributed by atoms with Gasteiger partial charge in [-0.05, 0) is 64.7 Å². The molecule has 56 heavy (non-hydrogen) atoms. The van der Waals surface area contributed by atoms with Crippen LogP contribution in [-0.2, 0) is 0 Å². The van der Waals surface area contributed by atoms with Crippen LogP contribution >= 0.6 is 11.3 Å². The second kappa shape index (κ2) is 13.3. The summed E-state index contributed by atoms with van der Waals surface area (Å²) in [6.07, 6.45) is 0. The van der Waals surface area contributed by atoms with E-state index in [4.69, 9.17) is 15.0 Å². The monoisotopic (exact) mass is 732 g/mol. The van der Waals surface area contributed by atoms with Gasteiger partial charge in [-0.1, -0.05) is 152 Å². The van der Waals surface area contributed by atoms with E-state index in [0.29, 0.717) is 17.5 Å². The highest BCUT2D eigenvalue weighted by molar-refractivity contribution is 7.26. The normalized spacial score (nSPS) is 11.6. The first-order valence-electron chi connectivity index (χ1n) is 18.8. The molecule has 11 aromatic rings. The fraction of sp³-hybridized carbons (Fsp3) is 0. The Labute approximate surface area is 327 Å². The molecule has 0 aliphatic carbocycles. The maximum absolute atomic E-state index is 5.10. The lowest BCUT2D eigenvalue weighted by Gasteiger charge is -2.09. The molecule has 0 aliphatic rings. The van der Waals surface area contributed by atoms with E-state index in [2.05, 4.69) is 162 Å². The van der Waals surface area contributed by atoms with Crippen LogP contribution in [0.2, 0.25) is 0 Å². The van der Waals surface area contributed by atoms with Gasteiger partial charge in [0.15, 0.2) is 17.5 Å². The van der Waals surface area contributed by atoms with Gasteiger partial charge in [-0.25, -0.2) is 15.0 Å². The zero-order chi connectivity index (χ0) is 37.0. The molecule has 0 N–H and O–H groups in total. The molecule has 8 aromatic carbocycles. The molecule has 0 saturated heterocycles. The van der Waals surface area contributed by atoms with E-state index in [9.17, 15) is 0 Å². The van der Waals surface area contributed by atoms with Gasteiger partial charge in [-0.2, -0.15) is 0 Å². The minimum Gasteiger partial charge on any atom is -0.309 e. The lowest BCUT2D eigenvalue weighted by molar-refractivity contribution is 1.08. The molecule has 5 heteroatoms. The first-order valence-corrected chi connectivity index (χ1v) is 19.6. The van der Waals surface area contributed by atoms with Crippen LogP contribution in [0.25, 0.3) is 104 Å². The molecule has 0 aliphatic heterocycles. The van der Waals surface area contributed by atoms with Crippen molar-refractivity contribution in [1.29, 1.82) is 0 Å². The van der Waals surface area contributed by atoms with Crippen molar-refractivity contribution in [2.75, 3.05) is 0 Å². The third-order valence-corrected chi connectivity index (χ3v) is 12.0. The Morgan fingerprint density at radius 1 is 0.321 bits per heavy atom. The van der Waals surface area contributed by atoms with E-state index in [0.717, 1.165) is 27.1 Å². The fourth-order valence-electron chi connectivity index (χ4n) is 8.01. The second-order valence-corrected chi connectivity index (χ2v) is 15.0. The van der Waals surface area contributed by atoms with Crippen molar-refractivity contribution >= 4 is 53.3 Å². The SMILES string of the molecule is c1ccc(-c2ccc3c(c2)c2cc(-c4cccc5c4sc4c(-c6nc(-c7ccccc7)nc(-c7ccccc7)n6)cccc45)ccc2n3-c2ccccc2)cc1. The molecule has 0 saturated carbocycles. The molecule has 11 rings (SSSR count). The van der Waals surface area contributed by atoms with Crippen molar-refractivity contribution in [3.8, 4) is 62.1 Å². The summed E-state index contributed by atoms with van der Waals surface area (Å²) in [4.78, 5) is 15.1. The quantitative estimate of drug-likeness (QED) is 0.171. The van der Waals surface area contributed by atoms with Gasteiger partial charge in [0.05, 0.1) is 11.0 Å². The van der Waals surface area contributed by atoms with E-state index in [-0.39, 0.29) is 0 Å². The van der Waals surface area contributed by atoms with Gasteiger partial charge in [0.2, 0.25) is 0 Å². The average Bonchev–Trinajstić information content (AvgIpc) is 3.83. The summed E-state index contributed by atoms with van der Waals surface area (Å²) in [7, 11) is 0. The molecule has 0 bridgehead atoms. The van der Waals surface area contributed by atoms with Crippen molar-refractivity contribution < 1.29 is 0 Å². The lowest BCUT2D eigenvalue weighted by atomic mass is 9.99. The number of benzene rings is 8. The van der Waals surface area contributed by atoms with Gasteiger partial charge in [-0.15, -0.1) is 11.3 Å². The Morgan fingerprint density at radius 3 is 1.38 bits per heavy atom. The summed E-state index contributed by atoms with van der Waals surface area (Å²) < 4.78 is 4.79. The molecule has 4 nitrogen and oxygen atoms in total. The summed E-state index contributed by atoms with van der Waals surface area (Å²) in [6.45, 7) is 0. The lowest BCUT2D eigenvalue weighted by Crippen LogP contribution is -2.00. The standard InChI is InChI=1S/C51H32N4S/c1-5-15-33(16-6-1)36-27-29-45-43(31-36)44-32-37(28-30-46(44)55(45)38-21-11-4-12-22-38)39-23-13-24-40-41-25-14-26-42(48(41)56-47(39)40)51-53-49(34-17-7-2-8-18-34)52-50(54-51)35-19-9-3-10-20-35/h1-32H. The largest absolute Gasteiger partial charge is 0.309 e. The molecule has 0 amide bonds. The highest BCUT2D eigenvalue weighted by Gasteiger charge is 2.19. The van der Waals surface area contributed by atoms with Gasteiger partial charge < -0.3 is 4.57 Å². The van der Waals surface area contributed by atoms with Crippen LogP contribution in [-0.4, -0.2) is 19.5 Å². The van der Waals surface area contributed by atoms with E-state index in [1.807, 2.05) is 47.7 Å². The summed E-state index contributed by atoms with van der Waals surface area (Å²) in [6, 6.07) is 68.6. The Hall–Kier alpha value is -7.21. The van der Waals surface area contributed by atoms with Crippen molar-refractivity contribution in [1.82, 2.24) is 19.5 Å². The molecule has 3 aromatic heterocycles. The van der Waals surface area contributed by atoms with Crippen LogP contribution < -0.4 is 0 Å². The predicted octanol–water partition coefficient (Wildman–Crippen LogP) is 13.7. The van der Waals surface area contributed by atoms with Crippen LogP contribution in [0.1, 0.15) is 0 Å². The Kier molecular flexibility index (Phi) is 7.64. The highest BCUT2D eigenvalue weighted by Crippen LogP contribution is 2.45. The average molecular weight is 733 g/mol. The first kappa shape index (κ1) is 32.2. The van der Waals surface area contributed by atoms with E-state index >= 15 is 0 Å².